The van der Waals surface area contributed by atoms with E-state index >= 15 is 0 Å². The Morgan fingerprint density at radius 2 is 1.88 bits per heavy atom. The lowest BCUT2D eigenvalue weighted by molar-refractivity contribution is 0.414. The van der Waals surface area contributed by atoms with Gasteiger partial charge in [-0.15, -0.1) is 0 Å². The molecule has 2 rings (SSSR count). The van der Waals surface area contributed by atoms with E-state index in [0.29, 0.717) is 12.2 Å². The monoisotopic (exact) mass is 349 g/mol. The maximum atomic E-state index is 11.7. The number of nitrogens with zero attached hydrogens (tertiary/aromatic N) is 1. The number of rotatable bonds is 9. The summed E-state index contributed by atoms with van der Waals surface area (Å²) >= 11 is 0. The van der Waals surface area contributed by atoms with E-state index in [1.54, 1.807) is 19.4 Å². The van der Waals surface area contributed by atoms with E-state index in [1.165, 1.54) is 5.56 Å². The third kappa shape index (κ3) is 5.73. The first-order chi connectivity index (χ1) is 11.5. The molecule has 0 aliphatic heterocycles. The van der Waals surface area contributed by atoms with Gasteiger partial charge in [0.25, 0.3) is 0 Å². The molecule has 0 unspecified atom stereocenters. The number of benzene rings is 1. The molecule has 0 saturated carbocycles. The number of hydrogen-bond acceptors (Lipinski definition) is 5. The van der Waals surface area contributed by atoms with Gasteiger partial charge in [0.2, 0.25) is 10.0 Å². The van der Waals surface area contributed by atoms with Crippen LogP contribution in [0.15, 0.2) is 42.6 Å². The van der Waals surface area contributed by atoms with E-state index < -0.39 is 10.0 Å². The van der Waals surface area contributed by atoms with Gasteiger partial charge in [-0.1, -0.05) is 19.1 Å². The highest BCUT2D eigenvalue weighted by molar-refractivity contribution is 7.92. The van der Waals surface area contributed by atoms with Gasteiger partial charge in [0.1, 0.15) is 11.6 Å². The third-order valence-corrected chi connectivity index (χ3v) is 4.86. The summed E-state index contributed by atoms with van der Waals surface area (Å²) in [6.07, 6.45) is 3.06. The lowest BCUT2D eigenvalue weighted by atomic mass is 10.1. The number of nitrogens with one attached hydrogen (secondary N) is 2. The summed E-state index contributed by atoms with van der Waals surface area (Å²) in [5.74, 6) is 1.28. The van der Waals surface area contributed by atoms with E-state index in [9.17, 15) is 8.42 Å². The van der Waals surface area contributed by atoms with Crippen LogP contribution < -0.4 is 14.8 Å². The molecule has 0 saturated heterocycles. The van der Waals surface area contributed by atoms with Crippen LogP contribution in [0.25, 0.3) is 0 Å². The zero-order valence-corrected chi connectivity index (χ0v) is 14.8. The van der Waals surface area contributed by atoms with Gasteiger partial charge >= 0.3 is 0 Å². The predicted octanol–water partition coefficient (Wildman–Crippen LogP) is 2.90. The summed E-state index contributed by atoms with van der Waals surface area (Å²) in [7, 11) is -1.65. The number of ether oxygens (including phenoxy) is 1. The van der Waals surface area contributed by atoms with E-state index in [0.717, 1.165) is 24.4 Å². The Kier molecular flexibility index (Phi) is 6.43. The predicted molar refractivity (Wildman–Crippen MR) is 97.1 cm³/mol. The van der Waals surface area contributed by atoms with Crippen molar-refractivity contribution in [2.24, 2.45) is 0 Å². The van der Waals surface area contributed by atoms with Crippen LogP contribution in [-0.2, 0) is 16.4 Å². The molecule has 130 valence electrons. The van der Waals surface area contributed by atoms with Crippen LogP contribution in [0.3, 0.4) is 0 Å². The summed E-state index contributed by atoms with van der Waals surface area (Å²) in [5.41, 5.74) is 2.06. The van der Waals surface area contributed by atoms with Crippen LogP contribution in [-0.4, -0.2) is 32.8 Å². The van der Waals surface area contributed by atoms with Crippen molar-refractivity contribution in [3.8, 4) is 5.75 Å². The van der Waals surface area contributed by atoms with Crippen molar-refractivity contribution in [1.29, 1.82) is 0 Å². The quantitative estimate of drug-likeness (QED) is 0.727. The van der Waals surface area contributed by atoms with Gasteiger partial charge in [0, 0.05) is 6.54 Å². The molecule has 1 aromatic heterocycles. The van der Waals surface area contributed by atoms with E-state index in [4.69, 9.17) is 4.74 Å². The first-order valence-corrected chi connectivity index (χ1v) is 9.51. The number of sulfonamides is 1. The fourth-order valence-corrected chi connectivity index (χ4v) is 3.26. The maximum absolute atomic E-state index is 11.7. The topological polar surface area (TPSA) is 80.3 Å². The van der Waals surface area contributed by atoms with E-state index in [1.807, 2.05) is 37.3 Å². The Labute approximate surface area is 143 Å². The van der Waals surface area contributed by atoms with Crippen molar-refractivity contribution < 1.29 is 13.2 Å². The normalized spacial score (nSPS) is 11.1. The van der Waals surface area contributed by atoms with Gasteiger partial charge in [-0.2, -0.15) is 0 Å². The van der Waals surface area contributed by atoms with Crippen LogP contribution in [0, 0.1) is 0 Å². The fourth-order valence-electron chi connectivity index (χ4n) is 2.18. The molecular weight excluding hydrogens is 326 g/mol. The Balaban J connectivity index is 1.83. The third-order valence-electron chi connectivity index (χ3n) is 3.40. The second-order valence-electron chi connectivity index (χ2n) is 5.38. The number of hydrogen-bond donors (Lipinski definition) is 2. The summed E-state index contributed by atoms with van der Waals surface area (Å²) in [5, 5.41) is 3.27. The Bertz CT molecular complexity index is 729. The average molecular weight is 349 g/mol. The minimum Gasteiger partial charge on any atom is -0.497 e. The molecule has 0 aliphatic carbocycles. The van der Waals surface area contributed by atoms with Crippen LogP contribution in [0.2, 0.25) is 0 Å². The van der Waals surface area contributed by atoms with Crippen molar-refractivity contribution in [2.45, 2.75) is 19.8 Å². The number of aromatic nitrogens is 1. The summed E-state index contributed by atoms with van der Waals surface area (Å²) < 4.78 is 31.0. The van der Waals surface area contributed by atoms with Crippen molar-refractivity contribution in [3.63, 3.8) is 0 Å². The van der Waals surface area contributed by atoms with Crippen molar-refractivity contribution in [2.75, 3.05) is 29.4 Å². The van der Waals surface area contributed by atoms with E-state index in [2.05, 4.69) is 15.0 Å². The molecule has 0 spiro atoms. The minimum atomic E-state index is -3.30. The molecule has 2 N–H and O–H groups in total. The van der Waals surface area contributed by atoms with Crippen molar-refractivity contribution in [3.05, 3.63) is 48.2 Å². The fraction of sp³-hybridized carbons (Fsp3) is 0.353. The molecule has 6 nitrogen and oxygen atoms in total. The van der Waals surface area contributed by atoms with Crippen molar-refractivity contribution in [1.82, 2.24) is 4.98 Å². The average Bonchev–Trinajstić information content (AvgIpc) is 2.57. The first-order valence-electron chi connectivity index (χ1n) is 7.86. The number of methoxy groups -OCH3 is 1. The van der Waals surface area contributed by atoms with Crippen LogP contribution in [0.5, 0.6) is 5.75 Å². The largest absolute Gasteiger partial charge is 0.497 e. The Morgan fingerprint density at radius 1 is 1.12 bits per heavy atom. The van der Waals surface area contributed by atoms with Gasteiger partial charge in [-0.25, -0.2) is 13.4 Å². The maximum Gasteiger partial charge on any atom is 0.233 e. The molecular formula is C17H23N3O3S. The summed E-state index contributed by atoms with van der Waals surface area (Å²) in [6, 6.07) is 11.4. The standard InChI is InChI=1S/C17H23N3O3S/c1-3-12-24(21,22)20-17-9-6-15(13-19-17)18-11-10-14-4-7-16(23-2)8-5-14/h4-9,13,18H,3,10-12H2,1-2H3,(H,19,20). The molecule has 0 fully saturated rings. The molecule has 0 amide bonds. The highest BCUT2D eigenvalue weighted by Crippen LogP contribution is 2.13. The van der Waals surface area contributed by atoms with E-state index in [-0.39, 0.29) is 5.75 Å². The highest BCUT2D eigenvalue weighted by atomic mass is 32.2. The van der Waals surface area contributed by atoms with Crippen LogP contribution >= 0.6 is 0 Å². The molecule has 0 aliphatic rings. The van der Waals surface area contributed by atoms with Crippen LogP contribution in [0.4, 0.5) is 11.5 Å². The number of anilines is 2. The molecule has 0 radical (unpaired) electrons. The Hall–Kier alpha value is -2.28. The zero-order valence-electron chi connectivity index (χ0n) is 14.0. The molecule has 0 bridgehead atoms. The lowest BCUT2D eigenvalue weighted by Crippen LogP contribution is -2.16. The molecule has 7 heteroatoms. The van der Waals surface area contributed by atoms with Gasteiger partial charge in [-0.05, 0) is 42.7 Å². The van der Waals surface area contributed by atoms with Gasteiger partial charge in [-0.3, -0.25) is 4.72 Å². The summed E-state index contributed by atoms with van der Waals surface area (Å²) in [4.78, 5) is 4.13. The molecule has 2 aromatic rings. The smallest absolute Gasteiger partial charge is 0.233 e. The zero-order chi connectivity index (χ0) is 17.4. The van der Waals surface area contributed by atoms with Crippen LogP contribution in [0.1, 0.15) is 18.9 Å². The minimum absolute atomic E-state index is 0.0938. The summed E-state index contributed by atoms with van der Waals surface area (Å²) in [6.45, 7) is 2.58. The molecule has 24 heavy (non-hydrogen) atoms. The molecule has 1 heterocycles. The highest BCUT2D eigenvalue weighted by Gasteiger charge is 2.09. The first kappa shape index (κ1) is 18.1. The van der Waals surface area contributed by atoms with Gasteiger partial charge in [0.05, 0.1) is 24.7 Å². The SMILES string of the molecule is CCCS(=O)(=O)Nc1ccc(NCCc2ccc(OC)cc2)cn1. The molecule has 1 aromatic carbocycles. The van der Waals surface area contributed by atoms with Gasteiger partial charge in [0.15, 0.2) is 0 Å². The molecule has 0 atom stereocenters. The van der Waals surface area contributed by atoms with Crippen molar-refractivity contribution >= 4 is 21.5 Å². The second-order valence-corrected chi connectivity index (χ2v) is 7.22. The number of pyridine rings is 1. The lowest BCUT2D eigenvalue weighted by Gasteiger charge is -2.09. The Morgan fingerprint density at radius 3 is 2.46 bits per heavy atom. The van der Waals surface area contributed by atoms with Gasteiger partial charge < -0.3 is 10.1 Å². The second kappa shape index (κ2) is 8.54.